The van der Waals surface area contributed by atoms with Crippen LogP contribution in [0, 0.1) is 0 Å². The van der Waals surface area contributed by atoms with E-state index in [1.165, 1.54) is 0 Å². The summed E-state index contributed by atoms with van der Waals surface area (Å²) < 4.78 is 9.83. The number of hydrogen-bond donors (Lipinski definition) is 2. The number of carbonyl (C=O) groups is 1. The molecular weight excluding hydrogens is 136 g/mol. The molecule has 0 aromatic carbocycles. The molecule has 2 heterocycles. The van der Waals surface area contributed by atoms with Gasteiger partial charge in [-0.1, -0.05) is 0 Å². The van der Waals surface area contributed by atoms with Crippen LogP contribution in [-0.2, 0) is 9.47 Å². The van der Waals surface area contributed by atoms with Crippen LogP contribution in [0.25, 0.3) is 0 Å². The average molecular weight is 144 g/mol. The molecule has 2 atom stereocenters. The molecule has 56 valence electrons. The Morgan fingerprint density at radius 3 is 3.30 bits per heavy atom. The van der Waals surface area contributed by atoms with E-state index in [2.05, 4.69) is 10.6 Å². The summed E-state index contributed by atoms with van der Waals surface area (Å²) >= 11 is 0. The van der Waals surface area contributed by atoms with Gasteiger partial charge < -0.3 is 14.8 Å². The van der Waals surface area contributed by atoms with Crippen molar-refractivity contribution in [2.24, 2.45) is 0 Å². The van der Waals surface area contributed by atoms with Crippen LogP contribution >= 0.6 is 0 Å². The van der Waals surface area contributed by atoms with Gasteiger partial charge in [-0.2, -0.15) is 0 Å². The van der Waals surface area contributed by atoms with Gasteiger partial charge in [0, 0.05) is 0 Å². The van der Waals surface area contributed by atoms with Crippen LogP contribution in [0.4, 0.5) is 4.79 Å². The molecule has 0 aromatic heterocycles. The van der Waals surface area contributed by atoms with Crippen molar-refractivity contribution in [3.8, 4) is 0 Å². The van der Waals surface area contributed by atoms with Gasteiger partial charge in [0.05, 0.1) is 13.3 Å². The zero-order valence-electron chi connectivity index (χ0n) is 5.29. The summed E-state index contributed by atoms with van der Waals surface area (Å²) in [5.74, 6) is 0. The molecule has 0 spiro atoms. The quantitative estimate of drug-likeness (QED) is 0.457. The summed E-state index contributed by atoms with van der Waals surface area (Å²) in [6, 6.07) is 0. The molecule has 10 heavy (non-hydrogen) atoms. The Morgan fingerprint density at radius 1 is 1.60 bits per heavy atom. The van der Waals surface area contributed by atoms with E-state index in [1.54, 1.807) is 0 Å². The Bertz CT molecular complexity index is 145. The lowest BCUT2D eigenvalue weighted by molar-refractivity contribution is -0.0181. The second kappa shape index (κ2) is 2.10. The van der Waals surface area contributed by atoms with Gasteiger partial charge in [-0.05, 0) is 0 Å². The maximum absolute atomic E-state index is 10.6. The highest BCUT2D eigenvalue weighted by Gasteiger charge is 2.35. The molecule has 2 N–H and O–H groups in total. The monoisotopic (exact) mass is 144 g/mol. The Morgan fingerprint density at radius 2 is 2.50 bits per heavy atom. The third-order valence-electron chi connectivity index (χ3n) is 1.59. The Balaban J connectivity index is 2.04. The molecule has 5 heteroatoms. The molecule has 2 rings (SSSR count). The number of nitrogens with one attached hydrogen (secondary N) is 2. The van der Waals surface area contributed by atoms with Crippen molar-refractivity contribution in [3.63, 3.8) is 0 Å². The van der Waals surface area contributed by atoms with Gasteiger partial charge in [0.15, 0.2) is 6.10 Å². The molecular formula is C5H8N2O3. The lowest BCUT2D eigenvalue weighted by Gasteiger charge is -2.23. The van der Waals surface area contributed by atoms with E-state index in [-0.39, 0.29) is 18.4 Å². The zero-order valence-corrected chi connectivity index (χ0v) is 5.29. The number of ether oxygens (including phenoxy) is 2. The van der Waals surface area contributed by atoms with E-state index >= 15 is 0 Å². The van der Waals surface area contributed by atoms with Crippen LogP contribution in [0.2, 0.25) is 0 Å². The van der Waals surface area contributed by atoms with Gasteiger partial charge in [0.2, 0.25) is 0 Å². The first kappa shape index (κ1) is 5.94. The van der Waals surface area contributed by atoms with Crippen molar-refractivity contribution >= 4 is 6.09 Å². The molecule has 2 unspecified atom stereocenters. The average Bonchev–Trinajstić information content (AvgIpc) is 2.27. The van der Waals surface area contributed by atoms with Crippen molar-refractivity contribution in [1.82, 2.24) is 10.6 Å². The van der Waals surface area contributed by atoms with Gasteiger partial charge in [-0.3, -0.25) is 5.32 Å². The Hall–Kier alpha value is -0.810. The van der Waals surface area contributed by atoms with Crippen molar-refractivity contribution < 1.29 is 14.3 Å². The van der Waals surface area contributed by atoms with Crippen molar-refractivity contribution in [3.05, 3.63) is 0 Å². The molecule has 0 radical (unpaired) electrons. The Kier molecular flexibility index (Phi) is 1.25. The molecule has 5 nitrogen and oxygen atoms in total. The predicted octanol–water partition coefficient (Wildman–Crippen LogP) is -1.00. The molecule has 2 fully saturated rings. The second-order valence-electron chi connectivity index (χ2n) is 2.29. The third kappa shape index (κ3) is 0.833. The standard InChI is InChI=1S/C5H8N2O3/c8-5-7-4-3(10-5)1-9-2-6-4/h3-4,6H,1-2H2,(H,7,8). The fraction of sp³-hybridized carbons (Fsp3) is 0.800. The summed E-state index contributed by atoms with van der Waals surface area (Å²) in [5, 5.41) is 5.54. The topological polar surface area (TPSA) is 59.6 Å². The highest BCUT2D eigenvalue weighted by molar-refractivity contribution is 5.70. The van der Waals surface area contributed by atoms with Crippen LogP contribution in [0.5, 0.6) is 0 Å². The van der Waals surface area contributed by atoms with E-state index in [0.717, 1.165) is 0 Å². The number of rotatable bonds is 0. The van der Waals surface area contributed by atoms with Crippen molar-refractivity contribution in [1.29, 1.82) is 0 Å². The normalized spacial score (nSPS) is 38.2. The molecule has 2 saturated heterocycles. The summed E-state index contributed by atoms with van der Waals surface area (Å²) in [7, 11) is 0. The minimum Gasteiger partial charge on any atom is -0.440 e. The first-order chi connectivity index (χ1) is 4.86. The van der Waals surface area contributed by atoms with Gasteiger partial charge in [0.25, 0.3) is 0 Å². The molecule has 2 aliphatic rings. The van der Waals surface area contributed by atoms with E-state index < -0.39 is 0 Å². The Labute approximate surface area is 57.7 Å². The molecule has 0 aliphatic carbocycles. The molecule has 2 aliphatic heterocycles. The van der Waals surface area contributed by atoms with E-state index in [9.17, 15) is 4.79 Å². The first-order valence-electron chi connectivity index (χ1n) is 3.14. The smallest absolute Gasteiger partial charge is 0.408 e. The number of hydrogen-bond acceptors (Lipinski definition) is 4. The van der Waals surface area contributed by atoms with Crippen molar-refractivity contribution in [2.75, 3.05) is 13.3 Å². The first-order valence-corrected chi connectivity index (χ1v) is 3.14. The minimum absolute atomic E-state index is 0.0544. The largest absolute Gasteiger partial charge is 0.440 e. The van der Waals surface area contributed by atoms with Crippen LogP contribution in [0.15, 0.2) is 0 Å². The fourth-order valence-corrected chi connectivity index (χ4v) is 1.10. The zero-order chi connectivity index (χ0) is 6.97. The molecule has 0 saturated carbocycles. The van der Waals surface area contributed by atoms with Gasteiger partial charge in [0.1, 0.15) is 6.17 Å². The maximum Gasteiger partial charge on any atom is 0.408 e. The SMILES string of the molecule is O=C1NC2NCOCC2O1. The number of fused-ring (bicyclic) bond motifs is 1. The van der Waals surface area contributed by atoms with Crippen LogP contribution in [0.1, 0.15) is 0 Å². The van der Waals surface area contributed by atoms with Gasteiger partial charge in [-0.15, -0.1) is 0 Å². The highest BCUT2D eigenvalue weighted by atomic mass is 16.6. The summed E-state index contributed by atoms with van der Waals surface area (Å²) in [5.41, 5.74) is 0. The lowest BCUT2D eigenvalue weighted by atomic mass is 10.3. The number of amides is 1. The van der Waals surface area contributed by atoms with Gasteiger partial charge >= 0.3 is 6.09 Å². The summed E-state index contributed by atoms with van der Waals surface area (Å²) in [4.78, 5) is 10.6. The third-order valence-corrected chi connectivity index (χ3v) is 1.59. The number of alkyl carbamates (subject to hydrolysis) is 1. The second-order valence-corrected chi connectivity index (χ2v) is 2.29. The summed E-state index contributed by atoms with van der Waals surface area (Å²) in [6.07, 6.45) is -0.574. The highest BCUT2D eigenvalue weighted by Crippen LogP contribution is 2.09. The predicted molar refractivity (Wildman–Crippen MR) is 31.1 cm³/mol. The van der Waals surface area contributed by atoms with Crippen LogP contribution < -0.4 is 10.6 Å². The maximum atomic E-state index is 10.6. The van der Waals surface area contributed by atoms with Crippen LogP contribution in [0.3, 0.4) is 0 Å². The molecule has 1 amide bonds. The van der Waals surface area contributed by atoms with Crippen LogP contribution in [-0.4, -0.2) is 31.7 Å². The van der Waals surface area contributed by atoms with Crippen molar-refractivity contribution in [2.45, 2.75) is 12.3 Å². The minimum atomic E-state index is -0.368. The van der Waals surface area contributed by atoms with E-state index in [0.29, 0.717) is 13.3 Å². The molecule has 0 bridgehead atoms. The van der Waals surface area contributed by atoms with Gasteiger partial charge in [-0.25, -0.2) is 4.79 Å². The lowest BCUT2D eigenvalue weighted by Crippen LogP contribution is -2.51. The molecule has 0 aromatic rings. The van der Waals surface area contributed by atoms with E-state index in [4.69, 9.17) is 9.47 Å². The van der Waals surface area contributed by atoms with E-state index in [1.807, 2.05) is 0 Å². The summed E-state index contributed by atoms with van der Waals surface area (Å²) in [6.45, 7) is 0.960. The number of carbonyl (C=O) groups excluding carboxylic acids is 1. The fourth-order valence-electron chi connectivity index (χ4n) is 1.10.